The molecule has 2 heterocycles. The van der Waals surface area contributed by atoms with Crippen molar-refractivity contribution in [2.24, 2.45) is 0 Å². The van der Waals surface area contributed by atoms with Crippen LogP contribution in [0.5, 0.6) is 0 Å². The standard InChI is InChI=1S/C11H10BrNO2/c1-7-2-3-8(6-13-7)11(14)9-4-5-10(12)15-9/h2-6,11,14H,1H3. The van der Waals surface area contributed by atoms with E-state index in [1.165, 1.54) is 0 Å². The van der Waals surface area contributed by atoms with Gasteiger partial charge in [0.2, 0.25) is 0 Å². The van der Waals surface area contributed by atoms with Crippen molar-refractivity contribution in [2.45, 2.75) is 13.0 Å². The van der Waals surface area contributed by atoms with Crippen LogP contribution in [0.15, 0.2) is 39.5 Å². The Labute approximate surface area is 95.9 Å². The second-order valence-corrected chi connectivity index (χ2v) is 4.06. The van der Waals surface area contributed by atoms with Crippen LogP contribution in [0.4, 0.5) is 0 Å². The molecule has 0 aromatic carbocycles. The van der Waals surface area contributed by atoms with Crippen LogP contribution in [-0.2, 0) is 0 Å². The number of aryl methyl sites for hydroxylation is 1. The van der Waals surface area contributed by atoms with Gasteiger partial charge in [-0.1, -0.05) is 6.07 Å². The molecule has 2 aromatic heterocycles. The summed E-state index contributed by atoms with van der Waals surface area (Å²) in [5.74, 6) is 0.507. The molecule has 0 saturated heterocycles. The molecule has 0 aliphatic heterocycles. The Morgan fingerprint density at radius 2 is 2.13 bits per heavy atom. The first-order valence-electron chi connectivity index (χ1n) is 4.52. The normalized spacial score (nSPS) is 12.7. The summed E-state index contributed by atoms with van der Waals surface area (Å²) in [6.45, 7) is 1.90. The summed E-state index contributed by atoms with van der Waals surface area (Å²) in [6.07, 6.45) is 0.889. The van der Waals surface area contributed by atoms with Gasteiger partial charge in [-0.2, -0.15) is 0 Å². The lowest BCUT2D eigenvalue weighted by Gasteiger charge is -2.07. The number of pyridine rings is 1. The van der Waals surface area contributed by atoms with Crippen molar-refractivity contribution in [1.82, 2.24) is 4.98 Å². The fourth-order valence-corrected chi connectivity index (χ4v) is 1.60. The van der Waals surface area contributed by atoms with E-state index in [1.807, 2.05) is 19.1 Å². The average Bonchev–Trinajstić information content (AvgIpc) is 2.65. The number of hydrogen-bond acceptors (Lipinski definition) is 3. The first-order valence-corrected chi connectivity index (χ1v) is 5.32. The first kappa shape index (κ1) is 10.4. The van der Waals surface area contributed by atoms with Gasteiger partial charge in [-0.15, -0.1) is 0 Å². The molecule has 2 rings (SSSR count). The molecule has 4 heteroatoms. The molecule has 0 aliphatic carbocycles. The highest BCUT2D eigenvalue weighted by atomic mass is 79.9. The molecule has 0 radical (unpaired) electrons. The van der Waals surface area contributed by atoms with Gasteiger partial charge in [-0.05, 0) is 41.1 Å². The van der Waals surface area contributed by atoms with E-state index in [9.17, 15) is 5.11 Å². The predicted octanol–water partition coefficient (Wildman–Crippen LogP) is 2.83. The van der Waals surface area contributed by atoms with Crippen molar-refractivity contribution in [3.8, 4) is 0 Å². The molecule has 0 aliphatic rings. The van der Waals surface area contributed by atoms with E-state index in [0.29, 0.717) is 10.4 Å². The Morgan fingerprint density at radius 1 is 1.33 bits per heavy atom. The van der Waals surface area contributed by atoms with Crippen molar-refractivity contribution < 1.29 is 9.52 Å². The van der Waals surface area contributed by atoms with E-state index in [4.69, 9.17) is 4.42 Å². The second-order valence-electron chi connectivity index (χ2n) is 3.28. The van der Waals surface area contributed by atoms with Crippen LogP contribution in [0.2, 0.25) is 0 Å². The van der Waals surface area contributed by atoms with Crippen LogP contribution >= 0.6 is 15.9 Å². The van der Waals surface area contributed by atoms with Gasteiger partial charge in [0, 0.05) is 17.5 Å². The van der Waals surface area contributed by atoms with Crippen LogP contribution in [0.25, 0.3) is 0 Å². The first-order chi connectivity index (χ1) is 7.16. The van der Waals surface area contributed by atoms with E-state index in [-0.39, 0.29) is 0 Å². The highest BCUT2D eigenvalue weighted by Crippen LogP contribution is 2.25. The van der Waals surface area contributed by atoms with Crippen LogP contribution in [0.3, 0.4) is 0 Å². The molecule has 0 bridgehead atoms. The Hall–Kier alpha value is -1.13. The number of hydrogen-bond donors (Lipinski definition) is 1. The van der Waals surface area contributed by atoms with E-state index in [2.05, 4.69) is 20.9 Å². The Balaban J connectivity index is 2.28. The Morgan fingerprint density at radius 3 is 2.67 bits per heavy atom. The number of furan rings is 1. The fraction of sp³-hybridized carbons (Fsp3) is 0.182. The van der Waals surface area contributed by atoms with E-state index in [0.717, 1.165) is 11.3 Å². The van der Waals surface area contributed by atoms with Crippen molar-refractivity contribution >= 4 is 15.9 Å². The molecule has 0 fully saturated rings. The molecule has 0 saturated carbocycles. The fourth-order valence-electron chi connectivity index (χ4n) is 1.28. The van der Waals surface area contributed by atoms with Gasteiger partial charge < -0.3 is 9.52 Å². The SMILES string of the molecule is Cc1ccc(C(O)c2ccc(Br)o2)cn1. The van der Waals surface area contributed by atoms with Crippen LogP contribution in [0.1, 0.15) is 23.1 Å². The largest absolute Gasteiger partial charge is 0.451 e. The van der Waals surface area contributed by atoms with Crippen LogP contribution in [-0.4, -0.2) is 10.1 Å². The minimum atomic E-state index is -0.760. The zero-order valence-corrected chi connectivity index (χ0v) is 9.73. The molecule has 15 heavy (non-hydrogen) atoms. The summed E-state index contributed by atoms with van der Waals surface area (Å²) >= 11 is 3.19. The third-order valence-corrected chi connectivity index (χ3v) is 2.54. The van der Waals surface area contributed by atoms with Gasteiger partial charge in [-0.25, -0.2) is 0 Å². The molecular weight excluding hydrogens is 258 g/mol. The van der Waals surface area contributed by atoms with Crippen LogP contribution < -0.4 is 0 Å². The third kappa shape index (κ3) is 2.27. The van der Waals surface area contributed by atoms with Crippen molar-refractivity contribution in [2.75, 3.05) is 0 Å². The minimum Gasteiger partial charge on any atom is -0.451 e. The third-order valence-electron chi connectivity index (χ3n) is 2.11. The zero-order chi connectivity index (χ0) is 10.8. The summed E-state index contributed by atoms with van der Waals surface area (Å²) in [7, 11) is 0. The molecule has 2 aromatic rings. The van der Waals surface area contributed by atoms with Crippen LogP contribution in [0, 0.1) is 6.92 Å². The molecule has 0 spiro atoms. The summed E-state index contributed by atoms with van der Waals surface area (Å²) in [4.78, 5) is 4.12. The average molecular weight is 268 g/mol. The maximum atomic E-state index is 9.94. The van der Waals surface area contributed by atoms with Crippen molar-refractivity contribution in [3.63, 3.8) is 0 Å². The second kappa shape index (κ2) is 4.16. The summed E-state index contributed by atoms with van der Waals surface area (Å²) in [6, 6.07) is 7.18. The number of aromatic nitrogens is 1. The summed E-state index contributed by atoms with van der Waals surface area (Å²) in [5.41, 5.74) is 1.65. The van der Waals surface area contributed by atoms with Gasteiger partial charge >= 0.3 is 0 Å². The molecule has 1 atom stereocenters. The molecular formula is C11H10BrNO2. The highest BCUT2D eigenvalue weighted by Gasteiger charge is 2.14. The van der Waals surface area contributed by atoms with Gasteiger partial charge in [-0.3, -0.25) is 4.98 Å². The Bertz CT molecular complexity index is 450. The number of halogens is 1. The highest BCUT2D eigenvalue weighted by molar-refractivity contribution is 9.10. The smallest absolute Gasteiger partial charge is 0.169 e. The minimum absolute atomic E-state index is 0.507. The maximum absolute atomic E-state index is 9.94. The maximum Gasteiger partial charge on any atom is 0.169 e. The lowest BCUT2D eigenvalue weighted by atomic mass is 10.1. The lowest BCUT2D eigenvalue weighted by molar-refractivity contribution is 0.187. The molecule has 3 nitrogen and oxygen atoms in total. The lowest BCUT2D eigenvalue weighted by Crippen LogP contribution is -1.98. The number of rotatable bonds is 2. The van der Waals surface area contributed by atoms with E-state index in [1.54, 1.807) is 18.3 Å². The topological polar surface area (TPSA) is 46.3 Å². The molecule has 0 amide bonds. The number of aliphatic hydroxyl groups excluding tert-OH is 1. The molecule has 1 unspecified atom stereocenters. The number of aliphatic hydroxyl groups is 1. The van der Waals surface area contributed by atoms with Gasteiger partial charge in [0.15, 0.2) is 4.67 Å². The predicted molar refractivity (Wildman–Crippen MR) is 59.4 cm³/mol. The monoisotopic (exact) mass is 267 g/mol. The van der Waals surface area contributed by atoms with Gasteiger partial charge in [0.25, 0.3) is 0 Å². The van der Waals surface area contributed by atoms with E-state index >= 15 is 0 Å². The zero-order valence-electron chi connectivity index (χ0n) is 8.14. The number of nitrogens with zero attached hydrogens (tertiary/aromatic N) is 1. The van der Waals surface area contributed by atoms with E-state index < -0.39 is 6.10 Å². The summed E-state index contributed by atoms with van der Waals surface area (Å²) in [5, 5.41) is 9.94. The van der Waals surface area contributed by atoms with Gasteiger partial charge in [0.05, 0.1) is 0 Å². The quantitative estimate of drug-likeness (QED) is 0.910. The van der Waals surface area contributed by atoms with Gasteiger partial charge in [0.1, 0.15) is 11.9 Å². The molecule has 78 valence electrons. The van der Waals surface area contributed by atoms with Crippen molar-refractivity contribution in [1.29, 1.82) is 0 Å². The Kier molecular flexibility index (Phi) is 2.88. The van der Waals surface area contributed by atoms with Crippen molar-refractivity contribution in [3.05, 3.63) is 52.1 Å². The molecule has 1 N–H and O–H groups in total. The summed E-state index contributed by atoms with van der Waals surface area (Å²) < 4.78 is 5.88.